The number of nitrogens with zero attached hydrogens (tertiary/aromatic N) is 1. The average Bonchev–Trinajstić information content (AvgIpc) is 2.38. The second kappa shape index (κ2) is 5.37. The van der Waals surface area contributed by atoms with Gasteiger partial charge in [0, 0.05) is 25.3 Å². The highest BCUT2D eigenvalue weighted by atomic mass is 15.1. The summed E-state index contributed by atoms with van der Waals surface area (Å²) in [6.07, 6.45) is 4.49. The predicted octanol–water partition coefficient (Wildman–Crippen LogP) is 2.65. The van der Waals surface area contributed by atoms with Gasteiger partial charge in [-0.05, 0) is 30.9 Å². The fraction of sp³-hybridized carbons (Fsp3) is 0.467. The van der Waals surface area contributed by atoms with E-state index in [1.165, 1.54) is 22.4 Å². The van der Waals surface area contributed by atoms with Crippen LogP contribution in [0.3, 0.4) is 0 Å². The van der Waals surface area contributed by atoms with Crippen molar-refractivity contribution in [3.05, 3.63) is 41.0 Å². The van der Waals surface area contributed by atoms with Crippen LogP contribution < -0.4 is 10.6 Å². The number of anilines is 1. The van der Waals surface area contributed by atoms with E-state index in [2.05, 4.69) is 43.0 Å². The highest BCUT2D eigenvalue weighted by Gasteiger charge is 2.15. The maximum Gasteiger partial charge on any atom is 0.0431 e. The molecule has 2 heteroatoms. The minimum atomic E-state index is 0.711. The van der Waals surface area contributed by atoms with Crippen molar-refractivity contribution in [3.8, 4) is 0 Å². The van der Waals surface area contributed by atoms with Crippen LogP contribution in [0.4, 0.5) is 5.69 Å². The topological polar surface area (TPSA) is 29.3 Å². The quantitative estimate of drug-likeness (QED) is 0.809. The molecule has 1 aliphatic heterocycles. The van der Waals surface area contributed by atoms with Crippen LogP contribution in [0.2, 0.25) is 0 Å². The molecule has 2 nitrogen and oxygen atoms in total. The van der Waals surface area contributed by atoms with Crippen LogP contribution in [0.15, 0.2) is 29.8 Å². The van der Waals surface area contributed by atoms with Crippen molar-refractivity contribution >= 4 is 5.69 Å². The van der Waals surface area contributed by atoms with Crippen molar-refractivity contribution in [2.75, 3.05) is 24.5 Å². The monoisotopic (exact) mass is 230 g/mol. The lowest BCUT2D eigenvalue weighted by molar-refractivity contribution is 0.766. The highest BCUT2D eigenvalue weighted by molar-refractivity contribution is 5.60. The van der Waals surface area contributed by atoms with Crippen LogP contribution in [0, 0.1) is 6.92 Å². The standard InChI is InChI=1S/C15H22N2/c1-3-14-6-4-5-12(2)15(14)17-9-7-13(11-16)8-10-17/h4-7H,3,8-11,16H2,1-2H3. The number of hydrogen-bond donors (Lipinski definition) is 1. The van der Waals surface area contributed by atoms with Gasteiger partial charge in [0.2, 0.25) is 0 Å². The predicted molar refractivity (Wildman–Crippen MR) is 74.5 cm³/mol. The first-order valence-electron chi connectivity index (χ1n) is 6.47. The van der Waals surface area contributed by atoms with Crippen LogP contribution in [-0.2, 0) is 6.42 Å². The first-order chi connectivity index (χ1) is 8.26. The Morgan fingerprint density at radius 3 is 2.76 bits per heavy atom. The van der Waals surface area contributed by atoms with E-state index in [0.29, 0.717) is 6.54 Å². The van der Waals surface area contributed by atoms with Gasteiger partial charge in [0.15, 0.2) is 0 Å². The Balaban J connectivity index is 2.26. The summed E-state index contributed by atoms with van der Waals surface area (Å²) in [6, 6.07) is 6.60. The molecule has 0 spiro atoms. The van der Waals surface area contributed by atoms with Gasteiger partial charge in [-0.3, -0.25) is 0 Å². The van der Waals surface area contributed by atoms with Gasteiger partial charge in [-0.25, -0.2) is 0 Å². The zero-order valence-corrected chi connectivity index (χ0v) is 10.9. The van der Waals surface area contributed by atoms with Crippen LogP contribution >= 0.6 is 0 Å². The molecule has 1 heterocycles. The minimum absolute atomic E-state index is 0.711. The van der Waals surface area contributed by atoms with Gasteiger partial charge in [0.1, 0.15) is 0 Å². The molecule has 0 unspecified atom stereocenters. The zero-order chi connectivity index (χ0) is 12.3. The van der Waals surface area contributed by atoms with Crippen molar-refractivity contribution < 1.29 is 0 Å². The van der Waals surface area contributed by atoms with Crippen molar-refractivity contribution in [2.45, 2.75) is 26.7 Å². The van der Waals surface area contributed by atoms with Crippen molar-refractivity contribution in [3.63, 3.8) is 0 Å². The summed E-state index contributed by atoms with van der Waals surface area (Å²) < 4.78 is 0. The first kappa shape index (κ1) is 12.2. The summed E-state index contributed by atoms with van der Waals surface area (Å²) in [5.74, 6) is 0. The number of hydrogen-bond acceptors (Lipinski definition) is 2. The molecule has 92 valence electrons. The van der Waals surface area contributed by atoms with Gasteiger partial charge in [-0.15, -0.1) is 0 Å². The second-order valence-corrected chi connectivity index (χ2v) is 4.70. The van der Waals surface area contributed by atoms with Crippen molar-refractivity contribution in [1.29, 1.82) is 0 Å². The third-order valence-corrected chi connectivity index (χ3v) is 3.58. The lowest BCUT2D eigenvalue weighted by Gasteiger charge is -2.31. The van der Waals surface area contributed by atoms with E-state index in [0.717, 1.165) is 25.9 Å². The molecule has 1 aromatic carbocycles. The van der Waals surface area contributed by atoms with Crippen LogP contribution in [0.1, 0.15) is 24.5 Å². The zero-order valence-electron chi connectivity index (χ0n) is 10.9. The van der Waals surface area contributed by atoms with Gasteiger partial charge >= 0.3 is 0 Å². The summed E-state index contributed by atoms with van der Waals surface area (Å²) in [6.45, 7) is 7.24. The van der Waals surface area contributed by atoms with E-state index in [9.17, 15) is 0 Å². The molecular weight excluding hydrogens is 208 g/mol. The molecule has 0 saturated carbocycles. The summed E-state index contributed by atoms with van der Waals surface area (Å²) in [4.78, 5) is 2.48. The molecule has 0 amide bonds. The van der Waals surface area contributed by atoms with E-state index >= 15 is 0 Å². The van der Waals surface area contributed by atoms with Gasteiger partial charge in [0.25, 0.3) is 0 Å². The van der Waals surface area contributed by atoms with Gasteiger partial charge in [-0.2, -0.15) is 0 Å². The average molecular weight is 230 g/mol. The number of aryl methyl sites for hydroxylation is 2. The minimum Gasteiger partial charge on any atom is -0.367 e. The molecule has 0 saturated heterocycles. The maximum atomic E-state index is 5.69. The molecule has 0 bridgehead atoms. The Labute approximate surface area is 104 Å². The van der Waals surface area contributed by atoms with Gasteiger partial charge in [-0.1, -0.05) is 36.8 Å². The molecule has 17 heavy (non-hydrogen) atoms. The Morgan fingerprint density at radius 2 is 2.18 bits per heavy atom. The lowest BCUT2D eigenvalue weighted by atomic mass is 10.0. The van der Waals surface area contributed by atoms with E-state index < -0.39 is 0 Å². The molecule has 0 aliphatic carbocycles. The van der Waals surface area contributed by atoms with Crippen LogP contribution in [0.25, 0.3) is 0 Å². The van der Waals surface area contributed by atoms with Crippen molar-refractivity contribution in [1.82, 2.24) is 0 Å². The number of benzene rings is 1. The Morgan fingerprint density at radius 1 is 1.35 bits per heavy atom. The second-order valence-electron chi connectivity index (χ2n) is 4.70. The molecule has 2 N–H and O–H groups in total. The number of rotatable bonds is 3. The third-order valence-electron chi connectivity index (χ3n) is 3.58. The summed E-state index contributed by atoms with van der Waals surface area (Å²) >= 11 is 0. The Kier molecular flexibility index (Phi) is 3.85. The van der Waals surface area contributed by atoms with Crippen molar-refractivity contribution in [2.24, 2.45) is 5.73 Å². The third kappa shape index (κ3) is 2.52. The van der Waals surface area contributed by atoms with E-state index in [-0.39, 0.29) is 0 Å². The van der Waals surface area contributed by atoms with E-state index in [1.54, 1.807) is 0 Å². The molecule has 0 radical (unpaired) electrons. The number of para-hydroxylation sites is 1. The fourth-order valence-electron chi connectivity index (χ4n) is 2.56. The Bertz CT molecular complexity index is 421. The summed E-state index contributed by atoms with van der Waals surface area (Å²) in [5, 5.41) is 0. The molecule has 1 aromatic rings. The number of nitrogens with two attached hydrogens (primary N) is 1. The molecule has 0 atom stereocenters. The van der Waals surface area contributed by atoms with Crippen LogP contribution in [0.5, 0.6) is 0 Å². The molecule has 1 aliphatic rings. The van der Waals surface area contributed by atoms with Crippen LogP contribution in [-0.4, -0.2) is 19.6 Å². The SMILES string of the molecule is CCc1cccc(C)c1N1CC=C(CN)CC1. The Hall–Kier alpha value is -1.28. The fourth-order valence-corrected chi connectivity index (χ4v) is 2.56. The first-order valence-corrected chi connectivity index (χ1v) is 6.47. The normalized spacial score (nSPS) is 15.9. The van der Waals surface area contributed by atoms with E-state index in [1.807, 2.05) is 0 Å². The largest absolute Gasteiger partial charge is 0.367 e. The molecule has 2 rings (SSSR count). The highest BCUT2D eigenvalue weighted by Crippen LogP contribution is 2.27. The van der Waals surface area contributed by atoms with Gasteiger partial charge in [0.05, 0.1) is 0 Å². The molecular formula is C15H22N2. The summed E-state index contributed by atoms with van der Waals surface area (Å²) in [7, 11) is 0. The van der Waals surface area contributed by atoms with E-state index in [4.69, 9.17) is 5.73 Å². The smallest absolute Gasteiger partial charge is 0.0431 e. The molecule has 0 aromatic heterocycles. The maximum absolute atomic E-state index is 5.69. The molecule has 0 fully saturated rings. The summed E-state index contributed by atoms with van der Waals surface area (Å²) in [5.41, 5.74) is 11.4. The van der Waals surface area contributed by atoms with Gasteiger partial charge < -0.3 is 10.6 Å². The lowest BCUT2D eigenvalue weighted by Crippen LogP contribution is -2.31.